The molecule has 2 aromatic rings. The summed E-state index contributed by atoms with van der Waals surface area (Å²) in [6.45, 7) is 0. The SMILES string of the molecule is O=C(Oc1c(Cl)cc(Cl)cc1Cl)c1cccc(C(F)(F)F)c1. The Bertz CT molecular complexity index is 707. The van der Waals surface area contributed by atoms with E-state index in [2.05, 4.69) is 0 Å². The molecule has 22 heavy (non-hydrogen) atoms. The van der Waals surface area contributed by atoms with Gasteiger partial charge in [0.1, 0.15) is 0 Å². The number of carbonyl (C=O) groups is 1. The van der Waals surface area contributed by atoms with Crippen LogP contribution in [0, 0.1) is 0 Å². The molecule has 0 aliphatic heterocycles. The smallest absolute Gasteiger partial charge is 0.416 e. The van der Waals surface area contributed by atoms with Crippen LogP contribution in [0.3, 0.4) is 0 Å². The Morgan fingerprint density at radius 2 is 1.59 bits per heavy atom. The molecule has 0 spiro atoms. The molecule has 8 heteroatoms. The predicted molar refractivity (Wildman–Crippen MR) is 77.9 cm³/mol. The first-order chi connectivity index (χ1) is 10.2. The summed E-state index contributed by atoms with van der Waals surface area (Å²) in [6, 6.07) is 6.41. The van der Waals surface area contributed by atoms with Crippen molar-refractivity contribution in [2.75, 3.05) is 0 Å². The standard InChI is InChI=1S/C14H6Cl3F3O2/c15-9-5-10(16)12(11(17)6-9)22-13(21)7-2-1-3-8(4-7)14(18,19)20/h1-6H. The van der Waals surface area contributed by atoms with E-state index in [1.807, 2.05) is 0 Å². The zero-order chi connectivity index (χ0) is 16.5. The van der Waals surface area contributed by atoms with Crippen molar-refractivity contribution in [1.29, 1.82) is 0 Å². The van der Waals surface area contributed by atoms with Crippen LogP contribution in [0.25, 0.3) is 0 Å². The fraction of sp³-hybridized carbons (Fsp3) is 0.0714. The van der Waals surface area contributed by atoms with Crippen LogP contribution in [0.2, 0.25) is 15.1 Å². The number of halogens is 6. The maximum Gasteiger partial charge on any atom is 0.416 e. The Morgan fingerprint density at radius 3 is 2.14 bits per heavy atom. The minimum Gasteiger partial charge on any atom is -0.420 e. The van der Waals surface area contributed by atoms with E-state index in [1.54, 1.807) is 0 Å². The first kappa shape index (κ1) is 16.9. The van der Waals surface area contributed by atoms with Crippen molar-refractivity contribution < 1.29 is 22.7 Å². The Hall–Kier alpha value is -1.43. The van der Waals surface area contributed by atoms with Gasteiger partial charge in [-0.25, -0.2) is 4.79 Å². The molecule has 0 atom stereocenters. The maximum atomic E-state index is 12.6. The van der Waals surface area contributed by atoms with E-state index in [0.29, 0.717) is 6.07 Å². The molecule has 0 N–H and O–H groups in total. The highest BCUT2D eigenvalue weighted by Gasteiger charge is 2.31. The number of carbonyl (C=O) groups excluding carboxylic acids is 1. The highest BCUT2D eigenvalue weighted by Crippen LogP contribution is 2.36. The molecule has 0 aliphatic rings. The zero-order valence-electron chi connectivity index (χ0n) is 10.5. The fourth-order valence-electron chi connectivity index (χ4n) is 1.60. The van der Waals surface area contributed by atoms with E-state index >= 15 is 0 Å². The number of benzene rings is 2. The lowest BCUT2D eigenvalue weighted by atomic mass is 10.1. The van der Waals surface area contributed by atoms with Crippen LogP contribution < -0.4 is 4.74 Å². The highest BCUT2D eigenvalue weighted by atomic mass is 35.5. The van der Waals surface area contributed by atoms with E-state index in [0.717, 1.165) is 12.1 Å². The van der Waals surface area contributed by atoms with Crippen molar-refractivity contribution in [2.24, 2.45) is 0 Å². The molecule has 0 fully saturated rings. The number of ether oxygens (including phenoxy) is 1. The molecule has 0 aromatic heterocycles. The van der Waals surface area contributed by atoms with Gasteiger partial charge in [0.05, 0.1) is 21.2 Å². The molecular weight excluding hydrogens is 364 g/mol. The largest absolute Gasteiger partial charge is 0.420 e. The van der Waals surface area contributed by atoms with Crippen LogP contribution in [0.5, 0.6) is 5.75 Å². The minimum atomic E-state index is -4.56. The van der Waals surface area contributed by atoms with E-state index in [-0.39, 0.29) is 26.4 Å². The summed E-state index contributed by atoms with van der Waals surface area (Å²) < 4.78 is 42.8. The van der Waals surface area contributed by atoms with Crippen LogP contribution in [0.4, 0.5) is 13.2 Å². The highest BCUT2D eigenvalue weighted by molar-refractivity contribution is 6.40. The van der Waals surface area contributed by atoms with Crippen LogP contribution in [0.15, 0.2) is 36.4 Å². The average molecular weight is 370 g/mol. The molecule has 0 saturated heterocycles. The van der Waals surface area contributed by atoms with Crippen molar-refractivity contribution in [1.82, 2.24) is 0 Å². The van der Waals surface area contributed by atoms with Gasteiger partial charge < -0.3 is 4.74 Å². The monoisotopic (exact) mass is 368 g/mol. The van der Waals surface area contributed by atoms with Gasteiger partial charge in [-0.1, -0.05) is 40.9 Å². The maximum absolute atomic E-state index is 12.6. The molecule has 2 nitrogen and oxygen atoms in total. The molecule has 0 amide bonds. The van der Waals surface area contributed by atoms with Crippen LogP contribution in [0.1, 0.15) is 15.9 Å². The van der Waals surface area contributed by atoms with Gasteiger partial charge in [-0.05, 0) is 30.3 Å². The first-order valence-corrected chi connectivity index (χ1v) is 6.86. The minimum absolute atomic E-state index is 0.0298. The Labute approximate surface area is 138 Å². The summed E-state index contributed by atoms with van der Waals surface area (Å²) in [5.74, 6) is -1.19. The summed E-state index contributed by atoms with van der Waals surface area (Å²) in [6.07, 6.45) is -4.56. The Balaban J connectivity index is 2.31. The molecule has 0 saturated carbocycles. The van der Waals surface area contributed by atoms with E-state index in [4.69, 9.17) is 39.5 Å². The normalized spacial score (nSPS) is 11.4. The fourth-order valence-corrected chi connectivity index (χ4v) is 2.49. The summed E-state index contributed by atoms with van der Waals surface area (Å²) in [4.78, 5) is 11.9. The van der Waals surface area contributed by atoms with Gasteiger partial charge in [0.25, 0.3) is 0 Å². The van der Waals surface area contributed by atoms with E-state index in [9.17, 15) is 18.0 Å². The molecule has 116 valence electrons. The molecule has 0 aliphatic carbocycles. The number of hydrogen-bond donors (Lipinski definition) is 0. The average Bonchev–Trinajstić information content (AvgIpc) is 2.41. The van der Waals surface area contributed by atoms with Crippen molar-refractivity contribution in [2.45, 2.75) is 6.18 Å². The molecule has 2 aromatic carbocycles. The van der Waals surface area contributed by atoms with Gasteiger partial charge in [0.15, 0.2) is 5.75 Å². The predicted octanol–water partition coefficient (Wildman–Crippen LogP) is 5.88. The summed E-state index contributed by atoms with van der Waals surface area (Å²) >= 11 is 17.4. The number of hydrogen-bond acceptors (Lipinski definition) is 2. The first-order valence-electron chi connectivity index (χ1n) is 5.72. The third-order valence-electron chi connectivity index (χ3n) is 2.58. The van der Waals surface area contributed by atoms with Crippen molar-refractivity contribution in [3.05, 3.63) is 62.6 Å². The second-order valence-corrected chi connectivity index (χ2v) is 5.42. The van der Waals surface area contributed by atoms with E-state index < -0.39 is 17.7 Å². The number of esters is 1. The number of rotatable bonds is 2. The molecule has 0 heterocycles. The van der Waals surface area contributed by atoms with Crippen molar-refractivity contribution in [3.8, 4) is 5.75 Å². The van der Waals surface area contributed by atoms with Gasteiger partial charge in [-0.3, -0.25) is 0 Å². The van der Waals surface area contributed by atoms with Crippen LogP contribution in [-0.2, 0) is 6.18 Å². The lowest BCUT2D eigenvalue weighted by Crippen LogP contribution is -2.12. The van der Waals surface area contributed by atoms with Crippen molar-refractivity contribution in [3.63, 3.8) is 0 Å². The Kier molecular flexibility index (Phi) is 4.90. The van der Waals surface area contributed by atoms with Gasteiger partial charge in [0, 0.05) is 5.02 Å². The lowest BCUT2D eigenvalue weighted by molar-refractivity contribution is -0.137. The summed E-state index contributed by atoms with van der Waals surface area (Å²) in [5, 5.41) is 0.171. The van der Waals surface area contributed by atoms with Crippen molar-refractivity contribution >= 4 is 40.8 Å². The Morgan fingerprint density at radius 1 is 1.00 bits per heavy atom. The van der Waals surface area contributed by atoms with E-state index in [1.165, 1.54) is 18.2 Å². The topological polar surface area (TPSA) is 26.3 Å². The van der Waals surface area contributed by atoms with Gasteiger partial charge in [-0.15, -0.1) is 0 Å². The third-order valence-corrected chi connectivity index (χ3v) is 3.36. The molecule has 0 radical (unpaired) electrons. The lowest BCUT2D eigenvalue weighted by Gasteiger charge is -2.10. The molecular formula is C14H6Cl3F3O2. The van der Waals surface area contributed by atoms with Crippen LogP contribution in [-0.4, -0.2) is 5.97 Å². The zero-order valence-corrected chi connectivity index (χ0v) is 12.8. The molecule has 0 bridgehead atoms. The van der Waals surface area contributed by atoms with Crippen LogP contribution >= 0.6 is 34.8 Å². The number of alkyl halides is 3. The van der Waals surface area contributed by atoms with Gasteiger partial charge in [0.2, 0.25) is 0 Å². The molecule has 2 rings (SSSR count). The summed E-state index contributed by atoms with van der Waals surface area (Å²) in [5.41, 5.74) is -1.24. The third kappa shape index (κ3) is 3.85. The second-order valence-electron chi connectivity index (χ2n) is 4.17. The summed E-state index contributed by atoms with van der Waals surface area (Å²) in [7, 11) is 0. The van der Waals surface area contributed by atoms with Gasteiger partial charge in [-0.2, -0.15) is 13.2 Å². The molecule has 0 unspecified atom stereocenters. The second kappa shape index (κ2) is 6.36. The van der Waals surface area contributed by atoms with Gasteiger partial charge >= 0.3 is 12.1 Å². The quantitative estimate of drug-likeness (QED) is 0.488.